The van der Waals surface area contributed by atoms with Gasteiger partial charge < -0.3 is 10.5 Å². The number of methoxy groups -OCH3 is 1. The number of hydrogen-bond donors (Lipinski definition) is 1. The molecule has 0 fully saturated rings. The van der Waals surface area contributed by atoms with Crippen molar-refractivity contribution in [1.82, 2.24) is 0 Å². The maximum absolute atomic E-state index is 13.5. The van der Waals surface area contributed by atoms with Gasteiger partial charge in [0.05, 0.1) is 19.6 Å². The molecule has 0 saturated carbocycles. The summed E-state index contributed by atoms with van der Waals surface area (Å²) in [6.07, 6.45) is 0.0874. The number of nitrogens with two attached hydrogens (primary N) is 1. The molecule has 74 valence electrons. The highest BCUT2D eigenvalue weighted by atomic mass is 19.1. The molecule has 1 aromatic rings. The maximum Gasteiger partial charge on any atom is 0.169 e. The molecule has 0 aliphatic rings. The highest BCUT2D eigenvalue weighted by Gasteiger charge is 2.14. The molecule has 14 heavy (non-hydrogen) atoms. The molecule has 0 radical (unpaired) electrons. The van der Waals surface area contributed by atoms with Crippen molar-refractivity contribution in [1.29, 1.82) is 5.26 Å². The van der Waals surface area contributed by atoms with E-state index >= 15 is 0 Å². The van der Waals surface area contributed by atoms with E-state index in [2.05, 4.69) is 0 Å². The molecule has 0 aliphatic heterocycles. The summed E-state index contributed by atoms with van der Waals surface area (Å²) in [6, 6.07) is 6.01. The molecule has 2 N–H and O–H groups in total. The molecule has 0 aliphatic carbocycles. The normalized spacial score (nSPS) is 11.9. The molecule has 0 saturated heterocycles. The van der Waals surface area contributed by atoms with Crippen LogP contribution in [-0.2, 0) is 0 Å². The van der Waals surface area contributed by atoms with Crippen LogP contribution in [0.5, 0.6) is 5.75 Å². The molecule has 0 bridgehead atoms. The molecule has 3 nitrogen and oxygen atoms in total. The van der Waals surface area contributed by atoms with Gasteiger partial charge in [-0.15, -0.1) is 0 Å². The molecule has 0 aromatic heterocycles. The first-order valence-corrected chi connectivity index (χ1v) is 4.15. The summed E-state index contributed by atoms with van der Waals surface area (Å²) in [7, 11) is 1.39. The predicted octanol–water partition coefficient (Wildman–Crippen LogP) is 1.75. The van der Waals surface area contributed by atoms with E-state index in [9.17, 15) is 4.39 Å². The molecule has 0 amide bonds. The van der Waals surface area contributed by atoms with Crippen LogP contribution in [0.2, 0.25) is 0 Å². The summed E-state index contributed by atoms with van der Waals surface area (Å²) in [5, 5.41) is 8.43. The lowest BCUT2D eigenvalue weighted by Crippen LogP contribution is -2.11. The maximum atomic E-state index is 13.5. The lowest BCUT2D eigenvalue weighted by molar-refractivity contribution is 0.382. The van der Waals surface area contributed by atoms with Crippen molar-refractivity contribution < 1.29 is 9.13 Å². The average Bonchev–Trinajstić information content (AvgIpc) is 2.18. The van der Waals surface area contributed by atoms with Crippen LogP contribution in [0.4, 0.5) is 4.39 Å². The number of rotatable bonds is 3. The van der Waals surface area contributed by atoms with Crippen molar-refractivity contribution in [2.24, 2.45) is 5.73 Å². The predicted molar refractivity (Wildman–Crippen MR) is 50.1 cm³/mol. The Balaban J connectivity index is 3.04. The van der Waals surface area contributed by atoms with Crippen molar-refractivity contribution in [3.63, 3.8) is 0 Å². The minimum absolute atomic E-state index is 0.0874. The van der Waals surface area contributed by atoms with E-state index in [4.69, 9.17) is 15.7 Å². The molecular formula is C10H11FN2O. The van der Waals surface area contributed by atoms with Crippen molar-refractivity contribution >= 4 is 0 Å². The third-order valence-corrected chi connectivity index (χ3v) is 1.92. The monoisotopic (exact) mass is 194 g/mol. The fourth-order valence-corrected chi connectivity index (χ4v) is 1.18. The van der Waals surface area contributed by atoms with Gasteiger partial charge in [0.15, 0.2) is 11.6 Å². The van der Waals surface area contributed by atoms with E-state index in [-0.39, 0.29) is 12.2 Å². The molecular weight excluding hydrogens is 183 g/mol. The zero-order chi connectivity index (χ0) is 10.6. The van der Waals surface area contributed by atoms with E-state index in [1.807, 2.05) is 6.07 Å². The first kappa shape index (κ1) is 10.5. The number of halogens is 1. The fraction of sp³-hybridized carbons (Fsp3) is 0.300. The Hall–Kier alpha value is -1.60. The number of hydrogen-bond acceptors (Lipinski definition) is 3. The van der Waals surface area contributed by atoms with Crippen LogP contribution >= 0.6 is 0 Å². The second kappa shape index (κ2) is 4.58. The highest BCUT2D eigenvalue weighted by Crippen LogP contribution is 2.24. The smallest absolute Gasteiger partial charge is 0.169 e. The Morgan fingerprint density at radius 2 is 2.36 bits per heavy atom. The van der Waals surface area contributed by atoms with E-state index < -0.39 is 11.9 Å². The molecule has 1 aromatic carbocycles. The zero-order valence-corrected chi connectivity index (χ0v) is 7.83. The van der Waals surface area contributed by atoms with E-state index in [1.165, 1.54) is 13.2 Å². The third-order valence-electron chi connectivity index (χ3n) is 1.92. The topological polar surface area (TPSA) is 59.0 Å². The number of ether oxygens (including phenoxy) is 1. The van der Waals surface area contributed by atoms with Crippen LogP contribution in [0, 0.1) is 17.1 Å². The van der Waals surface area contributed by atoms with Crippen LogP contribution in [0.1, 0.15) is 18.0 Å². The van der Waals surface area contributed by atoms with Gasteiger partial charge in [0.1, 0.15) is 0 Å². The fourth-order valence-electron chi connectivity index (χ4n) is 1.18. The Labute approximate surface area is 81.9 Å². The van der Waals surface area contributed by atoms with Crippen molar-refractivity contribution in [3.05, 3.63) is 29.6 Å². The Kier molecular flexibility index (Phi) is 3.43. The number of benzene rings is 1. The Bertz CT molecular complexity index is 360. The highest BCUT2D eigenvalue weighted by molar-refractivity contribution is 5.33. The zero-order valence-electron chi connectivity index (χ0n) is 7.83. The first-order valence-electron chi connectivity index (χ1n) is 4.15. The minimum Gasteiger partial charge on any atom is -0.494 e. The van der Waals surface area contributed by atoms with Crippen molar-refractivity contribution in [2.75, 3.05) is 7.11 Å². The van der Waals surface area contributed by atoms with Gasteiger partial charge in [0, 0.05) is 11.6 Å². The van der Waals surface area contributed by atoms with Gasteiger partial charge in [-0.05, 0) is 6.07 Å². The van der Waals surface area contributed by atoms with Gasteiger partial charge >= 0.3 is 0 Å². The SMILES string of the molecule is COc1cccc([C@H](N)CC#N)c1F. The first-order chi connectivity index (χ1) is 6.70. The summed E-state index contributed by atoms with van der Waals surface area (Å²) in [6.45, 7) is 0. The summed E-state index contributed by atoms with van der Waals surface area (Å²) in [4.78, 5) is 0. The second-order valence-electron chi connectivity index (χ2n) is 2.83. The van der Waals surface area contributed by atoms with Crippen LogP contribution in [0.15, 0.2) is 18.2 Å². The van der Waals surface area contributed by atoms with Crippen LogP contribution < -0.4 is 10.5 Å². The lowest BCUT2D eigenvalue weighted by Gasteiger charge is -2.11. The summed E-state index contributed by atoms with van der Waals surface area (Å²) in [5.74, 6) is -0.339. The lowest BCUT2D eigenvalue weighted by atomic mass is 10.0. The van der Waals surface area contributed by atoms with Gasteiger partial charge in [-0.1, -0.05) is 12.1 Å². The van der Waals surface area contributed by atoms with Crippen molar-refractivity contribution in [2.45, 2.75) is 12.5 Å². The summed E-state index contributed by atoms with van der Waals surface area (Å²) < 4.78 is 18.3. The minimum atomic E-state index is -0.602. The van der Waals surface area contributed by atoms with E-state index in [1.54, 1.807) is 12.1 Å². The standard InChI is InChI=1S/C10H11FN2O/c1-14-9-4-2-3-7(10(9)11)8(13)5-6-12/h2-4,8H,5,13H2,1H3/t8-/m1/s1. The largest absolute Gasteiger partial charge is 0.494 e. The summed E-state index contributed by atoms with van der Waals surface area (Å²) in [5.41, 5.74) is 5.92. The molecule has 1 rings (SSSR count). The van der Waals surface area contributed by atoms with Gasteiger partial charge in [0.25, 0.3) is 0 Å². The molecule has 1 atom stereocenters. The van der Waals surface area contributed by atoms with Gasteiger partial charge in [-0.2, -0.15) is 5.26 Å². The number of nitriles is 1. The molecule has 0 unspecified atom stereocenters. The van der Waals surface area contributed by atoms with Gasteiger partial charge in [0.2, 0.25) is 0 Å². The Morgan fingerprint density at radius 3 is 2.93 bits per heavy atom. The second-order valence-corrected chi connectivity index (χ2v) is 2.83. The van der Waals surface area contributed by atoms with Crippen LogP contribution in [0.25, 0.3) is 0 Å². The van der Waals surface area contributed by atoms with Gasteiger partial charge in [-0.3, -0.25) is 0 Å². The number of nitrogens with zero attached hydrogens (tertiary/aromatic N) is 1. The molecule has 4 heteroatoms. The van der Waals surface area contributed by atoms with Crippen LogP contribution in [0.3, 0.4) is 0 Å². The summed E-state index contributed by atoms with van der Waals surface area (Å²) >= 11 is 0. The molecule has 0 heterocycles. The van der Waals surface area contributed by atoms with Gasteiger partial charge in [-0.25, -0.2) is 4.39 Å². The quantitative estimate of drug-likeness (QED) is 0.797. The molecule has 0 spiro atoms. The average molecular weight is 194 g/mol. The van der Waals surface area contributed by atoms with Crippen LogP contribution in [-0.4, -0.2) is 7.11 Å². The van der Waals surface area contributed by atoms with E-state index in [0.29, 0.717) is 5.56 Å². The van der Waals surface area contributed by atoms with Crippen molar-refractivity contribution in [3.8, 4) is 11.8 Å². The van der Waals surface area contributed by atoms with E-state index in [0.717, 1.165) is 0 Å². The third kappa shape index (κ3) is 2.01. The Morgan fingerprint density at radius 1 is 1.64 bits per heavy atom.